The highest BCUT2D eigenvalue weighted by Crippen LogP contribution is 2.50. The first-order valence-corrected chi connectivity index (χ1v) is 7.34. The molecule has 100 valence electrons. The van der Waals surface area contributed by atoms with E-state index in [0.717, 1.165) is 13.1 Å². The van der Waals surface area contributed by atoms with Crippen molar-refractivity contribution < 1.29 is 1.43 Å². The smallest absolute Gasteiger partial charge is 0.0423 e. The van der Waals surface area contributed by atoms with Crippen LogP contribution in [0.5, 0.6) is 0 Å². The van der Waals surface area contributed by atoms with Crippen LogP contribution >= 0.6 is 0 Å². The van der Waals surface area contributed by atoms with Crippen molar-refractivity contribution in [2.45, 2.75) is 12.0 Å². The molecule has 1 N–H and O–H groups in total. The van der Waals surface area contributed by atoms with E-state index in [1.807, 2.05) is 0 Å². The summed E-state index contributed by atoms with van der Waals surface area (Å²) >= 11 is 0. The van der Waals surface area contributed by atoms with Crippen LogP contribution in [0.4, 0.5) is 0 Å². The largest absolute Gasteiger partial charge is 0.314 e. The highest BCUT2D eigenvalue weighted by Gasteiger charge is 2.41. The second kappa shape index (κ2) is 4.62. The molecule has 0 saturated carbocycles. The molecule has 1 aromatic rings. The summed E-state index contributed by atoms with van der Waals surface area (Å²) in [5.41, 5.74) is 3.09. The lowest BCUT2D eigenvalue weighted by atomic mass is 9.86. The van der Waals surface area contributed by atoms with Gasteiger partial charge in [-0.2, -0.15) is 0 Å². The van der Waals surface area contributed by atoms with Crippen LogP contribution in [0, 0.1) is 5.92 Å². The van der Waals surface area contributed by atoms with E-state index < -0.39 is 0 Å². The monoisotopic (exact) mass is 254 g/mol. The van der Waals surface area contributed by atoms with E-state index in [9.17, 15) is 0 Å². The van der Waals surface area contributed by atoms with Crippen LogP contribution in [-0.4, -0.2) is 31.1 Å². The minimum atomic E-state index is 0. The summed E-state index contributed by atoms with van der Waals surface area (Å²) in [7, 11) is 0. The number of nitrogens with zero attached hydrogens (tertiary/aromatic N) is 1. The van der Waals surface area contributed by atoms with Crippen molar-refractivity contribution in [3.63, 3.8) is 0 Å². The Morgan fingerprint density at radius 2 is 1.74 bits per heavy atom. The molecular weight excluding hydrogens is 232 g/mol. The standard InChI is InChI=1S/C17H20N2.H2/c1-3-7-15-13(5-1)14-6-2-4-8-16(14)17(15)19-11-9-18-10-12-19;/h1-8,13,15,17-18H,9-12H2;1H. The molecule has 1 aromatic carbocycles. The van der Waals surface area contributed by atoms with Crippen molar-refractivity contribution in [3.8, 4) is 0 Å². The van der Waals surface area contributed by atoms with Gasteiger partial charge in [-0.1, -0.05) is 48.6 Å². The molecule has 0 aromatic heterocycles. The zero-order chi connectivity index (χ0) is 12.7. The molecule has 19 heavy (non-hydrogen) atoms. The van der Waals surface area contributed by atoms with Crippen molar-refractivity contribution in [2.75, 3.05) is 26.2 Å². The average molecular weight is 254 g/mol. The van der Waals surface area contributed by atoms with E-state index in [1.165, 1.54) is 18.7 Å². The molecule has 2 aliphatic carbocycles. The molecule has 0 bridgehead atoms. The summed E-state index contributed by atoms with van der Waals surface area (Å²) < 4.78 is 0. The van der Waals surface area contributed by atoms with E-state index in [4.69, 9.17) is 0 Å². The van der Waals surface area contributed by atoms with Gasteiger partial charge in [-0.25, -0.2) is 0 Å². The van der Waals surface area contributed by atoms with E-state index in [1.54, 1.807) is 5.56 Å². The number of allylic oxidation sites excluding steroid dienone is 3. The molecule has 3 aliphatic rings. The van der Waals surface area contributed by atoms with E-state index >= 15 is 0 Å². The Balaban J connectivity index is 0.00000121. The van der Waals surface area contributed by atoms with Gasteiger partial charge in [0.05, 0.1) is 0 Å². The molecule has 0 radical (unpaired) electrons. The molecule has 2 heteroatoms. The maximum absolute atomic E-state index is 3.46. The lowest BCUT2D eigenvalue weighted by molar-refractivity contribution is 0.146. The Bertz CT molecular complexity index is 532. The molecule has 4 rings (SSSR count). The predicted octanol–water partition coefficient (Wildman–Crippen LogP) is 2.72. The highest BCUT2D eigenvalue weighted by atomic mass is 15.2. The van der Waals surface area contributed by atoms with Crippen LogP contribution < -0.4 is 5.32 Å². The molecule has 0 spiro atoms. The van der Waals surface area contributed by atoms with Gasteiger partial charge >= 0.3 is 0 Å². The van der Waals surface area contributed by atoms with E-state index in [0.29, 0.717) is 17.9 Å². The van der Waals surface area contributed by atoms with Gasteiger partial charge in [0.1, 0.15) is 0 Å². The first-order valence-electron chi connectivity index (χ1n) is 7.34. The molecule has 2 nitrogen and oxygen atoms in total. The lowest BCUT2D eigenvalue weighted by Crippen LogP contribution is -2.46. The van der Waals surface area contributed by atoms with Crippen LogP contribution in [0.3, 0.4) is 0 Å². The van der Waals surface area contributed by atoms with Gasteiger partial charge in [-0.3, -0.25) is 4.90 Å². The average Bonchev–Trinajstić information content (AvgIpc) is 2.83. The zero-order valence-electron chi connectivity index (χ0n) is 11.1. The molecule has 1 aliphatic heterocycles. The summed E-state index contributed by atoms with van der Waals surface area (Å²) in [5, 5.41) is 3.46. The molecular formula is C17H22N2. The lowest BCUT2D eigenvalue weighted by Gasteiger charge is -2.37. The molecule has 1 saturated heterocycles. The number of hydrogen-bond donors (Lipinski definition) is 1. The van der Waals surface area contributed by atoms with Crippen LogP contribution in [-0.2, 0) is 0 Å². The van der Waals surface area contributed by atoms with Crippen molar-refractivity contribution in [1.82, 2.24) is 10.2 Å². The topological polar surface area (TPSA) is 15.3 Å². The Kier molecular flexibility index (Phi) is 2.78. The van der Waals surface area contributed by atoms with Gasteiger partial charge in [0, 0.05) is 45.5 Å². The normalized spacial score (nSPS) is 33.2. The number of rotatable bonds is 1. The summed E-state index contributed by atoms with van der Waals surface area (Å²) in [6.45, 7) is 4.57. The van der Waals surface area contributed by atoms with Gasteiger partial charge in [0.15, 0.2) is 0 Å². The fraction of sp³-hybridized carbons (Fsp3) is 0.412. The molecule has 0 amide bonds. The first kappa shape index (κ1) is 11.4. The fourth-order valence-electron chi connectivity index (χ4n) is 3.93. The second-order valence-electron chi connectivity index (χ2n) is 5.73. The SMILES string of the molecule is C1=CC2c3ccccc3C(N3CCNCC3)C2C=C1.[HH]. The maximum Gasteiger partial charge on any atom is 0.0423 e. The van der Waals surface area contributed by atoms with Crippen molar-refractivity contribution in [1.29, 1.82) is 0 Å². The Morgan fingerprint density at radius 3 is 2.58 bits per heavy atom. The summed E-state index contributed by atoms with van der Waals surface area (Å²) in [6.07, 6.45) is 9.23. The number of nitrogens with one attached hydrogen (secondary N) is 1. The summed E-state index contributed by atoms with van der Waals surface area (Å²) in [5.74, 6) is 1.21. The third-order valence-corrected chi connectivity index (χ3v) is 4.76. The number of hydrogen-bond acceptors (Lipinski definition) is 2. The predicted molar refractivity (Wildman–Crippen MR) is 80.3 cm³/mol. The number of fused-ring (bicyclic) bond motifs is 3. The third-order valence-electron chi connectivity index (χ3n) is 4.76. The van der Waals surface area contributed by atoms with E-state index in [-0.39, 0.29) is 1.43 Å². The van der Waals surface area contributed by atoms with Gasteiger partial charge < -0.3 is 5.32 Å². The summed E-state index contributed by atoms with van der Waals surface area (Å²) in [4.78, 5) is 2.67. The fourth-order valence-corrected chi connectivity index (χ4v) is 3.93. The zero-order valence-corrected chi connectivity index (χ0v) is 11.1. The van der Waals surface area contributed by atoms with Gasteiger partial charge in [0.2, 0.25) is 0 Å². The van der Waals surface area contributed by atoms with Crippen LogP contribution in [0.15, 0.2) is 48.6 Å². The first-order chi connectivity index (χ1) is 9.45. The maximum atomic E-state index is 3.46. The highest BCUT2D eigenvalue weighted by molar-refractivity contribution is 5.46. The van der Waals surface area contributed by atoms with Gasteiger partial charge in [0.25, 0.3) is 0 Å². The Morgan fingerprint density at radius 1 is 1.00 bits per heavy atom. The number of benzene rings is 1. The molecule has 3 atom stereocenters. The minimum Gasteiger partial charge on any atom is -0.314 e. The second-order valence-corrected chi connectivity index (χ2v) is 5.73. The Hall–Kier alpha value is -1.38. The van der Waals surface area contributed by atoms with Gasteiger partial charge in [-0.05, 0) is 11.1 Å². The van der Waals surface area contributed by atoms with Crippen molar-refractivity contribution in [2.24, 2.45) is 5.92 Å². The molecule has 1 fully saturated rings. The minimum absolute atomic E-state index is 0. The Labute approximate surface area is 116 Å². The van der Waals surface area contributed by atoms with E-state index in [2.05, 4.69) is 58.8 Å². The quantitative estimate of drug-likeness (QED) is 0.829. The van der Waals surface area contributed by atoms with Crippen LogP contribution in [0.1, 0.15) is 24.5 Å². The summed E-state index contributed by atoms with van der Waals surface area (Å²) in [6, 6.07) is 9.60. The number of piperazine rings is 1. The van der Waals surface area contributed by atoms with Crippen molar-refractivity contribution in [3.05, 3.63) is 59.7 Å². The molecule has 3 unspecified atom stereocenters. The molecule has 1 heterocycles. The third kappa shape index (κ3) is 1.78. The van der Waals surface area contributed by atoms with Crippen molar-refractivity contribution >= 4 is 0 Å². The van der Waals surface area contributed by atoms with Gasteiger partial charge in [-0.15, -0.1) is 0 Å². The van der Waals surface area contributed by atoms with Crippen LogP contribution in [0.2, 0.25) is 0 Å². The van der Waals surface area contributed by atoms with Crippen LogP contribution in [0.25, 0.3) is 0 Å².